The van der Waals surface area contributed by atoms with E-state index in [4.69, 9.17) is 0 Å². The molecular formula is C11H14N2O2. The summed E-state index contributed by atoms with van der Waals surface area (Å²) in [4.78, 5) is 22.8. The van der Waals surface area contributed by atoms with E-state index in [1.54, 1.807) is 25.4 Å². The van der Waals surface area contributed by atoms with Crippen molar-refractivity contribution in [2.24, 2.45) is 7.05 Å². The number of aromatic nitrogens is 1. The Hall–Kier alpha value is -1.84. The quantitative estimate of drug-likeness (QED) is 0.740. The minimum Gasteiger partial charge on any atom is -0.346 e. The van der Waals surface area contributed by atoms with Crippen LogP contribution in [0.3, 0.4) is 0 Å². The largest absolute Gasteiger partial charge is 0.346 e. The van der Waals surface area contributed by atoms with Crippen LogP contribution in [0.5, 0.6) is 0 Å². The van der Waals surface area contributed by atoms with E-state index < -0.39 is 0 Å². The standard InChI is InChI=1S/C11H14N2O2/c1-4-8(2)12-11(15)9-5-6-13(3)10(14)7-9/h4-8H,1H2,2-3H3,(H,12,15). The zero-order valence-electron chi connectivity index (χ0n) is 8.86. The number of nitrogens with one attached hydrogen (secondary N) is 1. The van der Waals surface area contributed by atoms with Gasteiger partial charge in [-0.1, -0.05) is 6.08 Å². The summed E-state index contributed by atoms with van der Waals surface area (Å²) in [6.07, 6.45) is 3.19. The van der Waals surface area contributed by atoms with Gasteiger partial charge in [-0.3, -0.25) is 9.59 Å². The minimum atomic E-state index is -0.264. The van der Waals surface area contributed by atoms with Crippen molar-refractivity contribution in [3.8, 4) is 0 Å². The Morgan fingerprint density at radius 1 is 1.67 bits per heavy atom. The number of hydrogen-bond donors (Lipinski definition) is 1. The Balaban J connectivity index is 2.88. The van der Waals surface area contributed by atoms with Gasteiger partial charge in [-0.15, -0.1) is 6.58 Å². The third-order valence-electron chi connectivity index (χ3n) is 2.08. The second-order valence-electron chi connectivity index (χ2n) is 3.36. The molecule has 0 aliphatic rings. The summed E-state index contributed by atoms with van der Waals surface area (Å²) in [5.41, 5.74) is 0.167. The van der Waals surface area contributed by atoms with E-state index >= 15 is 0 Å². The highest BCUT2D eigenvalue weighted by molar-refractivity contribution is 5.94. The van der Waals surface area contributed by atoms with Gasteiger partial charge in [-0.05, 0) is 13.0 Å². The molecule has 0 saturated heterocycles. The van der Waals surface area contributed by atoms with E-state index in [2.05, 4.69) is 11.9 Å². The van der Waals surface area contributed by atoms with Crippen molar-refractivity contribution in [2.75, 3.05) is 0 Å². The van der Waals surface area contributed by atoms with Crippen molar-refractivity contribution >= 4 is 5.91 Å². The topological polar surface area (TPSA) is 51.1 Å². The Labute approximate surface area is 88.2 Å². The van der Waals surface area contributed by atoms with Crippen LogP contribution in [0.4, 0.5) is 0 Å². The van der Waals surface area contributed by atoms with Gasteiger partial charge in [0.1, 0.15) is 0 Å². The molecule has 0 aliphatic heterocycles. The molecule has 1 aromatic rings. The summed E-state index contributed by atoms with van der Waals surface area (Å²) in [6, 6.07) is 2.80. The zero-order valence-corrected chi connectivity index (χ0v) is 8.86. The first-order chi connectivity index (χ1) is 7.04. The molecule has 0 aliphatic carbocycles. The number of carbonyl (C=O) groups excluding carboxylic acids is 1. The molecule has 4 heteroatoms. The van der Waals surface area contributed by atoms with Crippen LogP contribution in [0.25, 0.3) is 0 Å². The average molecular weight is 206 g/mol. The van der Waals surface area contributed by atoms with Crippen LogP contribution in [-0.2, 0) is 7.05 Å². The molecule has 1 N–H and O–H groups in total. The Morgan fingerprint density at radius 2 is 2.33 bits per heavy atom. The highest BCUT2D eigenvalue weighted by Crippen LogP contribution is 1.95. The molecular weight excluding hydrogens is 192 g/mol. The molecule has 80 valence electrons. The predicted molar refractivity (Wildman–Crippen MR) is 58.8 cm³/mol. The average Bonchev–Trinajstić information content (AvgIpc) is 2.21. The second kappa shape index (κ2) is 4.59. The fourth-order valence-corrected chi connectivity index (χ4v) is 1.04. The maximum atomic E-state index is 11.6. The van der Waals surface area contributed by atoms with Gasteiger partial charge in [-0.2, -0.15) is 0 Å². The third kappa shape index (κ3) is 2.80. The van der Waals surface area contributed by atoms with Crippen molar-refractivity contribution in [3.05, 3.63) is 46.9 Å². The summed E-state index contributed by atoms with van der Waals surface area (Å²) in [5, 5.41) is 2.69. The van der Waals surface area contributed by atoms with Crippen LogP contribution < -0.4 is 10.9 Å². The summed E-state index contributed by atoms with van der Waals surface area (Å²) >= 11 is 0. The Morgan fingerprint density at radius 3 is 2.87 bits per heavy atom. The summed E-state index contributed by atoms with van der Waals surface area (Å²) in [5.74, 6) is -0.264. The van der Waals surface area contributed by atoms with Gasteiger partial charge < -0.3 is 9.88 Å². The van der Waals surface area contributed by atoms with Gasteiger partial charge in [-0.25, -0.2) is 0 Å². The van der Waals surface area contributed by atoms with Crippen LogP contribution in [-0.4, -0.2) is 16.5 Å². The molecule has 15 heavy (non-hydrogen) atoms. The van der Waals surface area contributed by atoms with Gasteiger partial charge in [0, 0.05) is 30.9 Å². The summed E-state index contributed by atoms with van der Waals surface area (Å²) in [6.45, 7) is 5.37. The molecule has 0 spiro atoms. The first-order valence-electron chi connectivity index (χ1n) is 4.64. The Bertz CT molecular complexity index is 434. The predicted octanol–water partition coefficient (Wildman–Crippen LogP) is 0.690. The van der Waals surface area contributed by atoms with Gasteiger partial charge in [0.25, 0.3) is 11.5 Å². The molecule has 0 saturated carbocycles. The number of nitrogens with zero attached hydrogens (tertiary/aromatic N) is 1. The van der Waals surface area contributed by atoms with Gasteiger partial charge in [0.15, 0.2) is 0 Å². The van der Waals surface area contributed by atoms with Crippen LogP contribution >= 0.6 is 0 Å². The number of amides is 1. The SMILES string of the molecule is C=CC(C)NC(=O)c1ccn(C)c(=O)c1. The first kappa shape index (κ1) is 11.2. The molecule has 1 amide bonds. The highest BCUT2D eigenvalue weighted by atomic mass is 16.2. The number of carbonyl (C=O) groups is 1. The minimum absolute atomic E-state index is 0.110. The highest BCUT2D eigenvalue weighted by Gasteiger charge is 2.07. The molecule has 1 atom stereocenters. The molecule has 0 bridgehead atoms. The van der Waals surface area contributed by atoms with E-state index in [9.17, 15) is 9.59 Å². The van der Waals surface area contributed by atoms with Crippen molar-refractivity contribution < 1.29 is 4.79 Å². The van der Waals surface area contributed by atoms with Crippen molar-refractivity contribution in [1.29, 1.82) is 0 Å². The lowest BCUT2D eigenvalue weighted by atomic mass is 10.2. The second-order valence-corrected chi connectivity index (χ2v) is 3.36. The summed E-state index contributed by atoms with van der Waals surface area (Å²) < 4.78 is 1.41. The summed E-state index contributed by atoms with van der Waals surface area (Å²) in [7, 11) is 1.64. The van der Waals surface area contributed by atoms with E-state index in [1.807, 2.05) is 6.92 Å². The van der Waals surface area contributed by atoms with Gasteiger partial charge in [0.2, 0.25) is 0 Å². The number of pyridine rings is 1. The van der Waals surface area contributed by atoms with E-state index in [-0.39, 0.29) is 17.5 Å². The first-order valence-corrected chi connectivity index (χ1v) is 4.64. The van der Waals surface area contributed by atoms with Crippen molar-refractivity contribution in [1.82, 2.24) is 9.88 Å². The number of hydrogen-bond acceptors (Lipinski definition) is 2. The molecule has 0 radical (unpaired) electrons. The van der Waals surface area contributed by atoms with Crippen LogP contribution in [0.15, 0.2) is 35.8 Å². The maximum Gasteiger partial charge on any atom is 0.251 e. The molecule has 0 aromatic carbocycles. The van der Waals surface area contributed by atoms with E-state index in [0.717, 1.165) is 0 Å². The molecule has 0 fully saturated rings. The fraction of sp³-hybridized carbons (Fsp3) is 0.273. The number of rotatable bonds is 3. The van der Waals surface area contributed by atoms with E-state index in [1.165, 1.54) is 10.6 Å². The Kier molecular flexibility index (Phi) is 3.44. The third-order valence-corrected chi connectivity index (χ3v) is 2.08. The molecule has 1 aromatic heterocycles. The van der Waals surface area contributed by atoms with Crippen LogP contribution in [0, 0.1) is 0 Å². The van der Waals surface area contributed by atoms with Crippen LogP contribution in [0.1, 0.15) is 17.3 Å². The van der Waals surface area contributed by atoms with Crippen molar-refractivity contribution in [3.63, 3.8) is 0 Å². The lowest BCUT2D eigenvalue weighted by Crippen LogP contribution is -2.32. The molecule has 1 unspecified atom stereocenters. The van der Waals surface area contributed by atoms with Gasteiger partial charge in [0.05, 0.1) is 0 Å². The molecule has 1 heterocycles. The monoisotopic (exact) mass is 206 g/mol. The maximum absolute atomic E-state index is 11.6. The van der Waals surface area contributed by atoms with Gasteiger partial charge >= 0.3 is 0 Å². The lowest BCUT2D eigenvalue weighted by molar-refractivity contribution is 0.0946. The normalized spacial score (nSPS) is 11.9. The fourth-order valence-electron chi connectivity index (χ4n) is 1.04. The smallest absolute Gasteiger partial charge is 0.251 e. The lowest BCUT2D eigenvalue weighted by Gasteiger charge is -2.09. The number of aryl methyl sites for hydroxylation is 1. The van der Waals surface area contributed by atoms with E-state index in [0.29, 0.717) is 5.56 Å². The molecule has 1 rings (SSSR count). The van der Waals surface area contributed by atoms with Crippen molar-refractivity contribution in [2.45, 2.75) is 13.0 Å². The molecule has 4 nitrogen and oxygen atoms in total. The zero-order chi connectivity index (χ0) is 11.4. The van der Waals surface area contributed by atoms with Crippen LogP contribution in [0.2, 0.25) is 0 Å².